The van der Waals surface area contributed by atoms with Crippen molar-refractivity contribution < 1.29 is 9.47 Å². The quantitative estimate of drug-likeness (QED) is 0.773. The summed E-state index contributed by atoms with van der Waals surface area (Å²) in [5.74, 6) is 0.645. The Morgan fingerprint density at radius 1 is 1.40 bits per heavy atom. The maximum atomic E-state index is 6.28. The topological polar surface area (TPSA) is 44.5 Å². The first-order valence-corrected chi connectivity index (χ1v) is 6.14. The lowest BCUT2D eigenvalue weighted by molar-refractivity contribution is -0.0872. The van der Waals surface area contributed by atoms with Crippen LogP contribution < -0.4 is 5.73 Å². The van der Waals surface area contributed by atoms with Crippen molar-refractivity contribution in [3.63, 3.8) is 0 Å². The van der Waals surface area contributed by atoms with Crippen LogP contribution in [0.4, 0.5) is 0 Å². The van der Waals surface area contributed by atoms with Crippen molar-refractivity contribution in [3.05, 3.63) is 0 Å². The summed E-state index contributed by atoms with van der Waals surface area (Å²) in [6.07, 6.45) is 6.98. The van der Waals surface area contributed by atoms with Crippen LogP contribution in [0.1, 0.15) is 38.5 Å². The molecule has 2 N–H and O–H groups in total. The van der Waals surface area contributed by atoms with E-state index in [0.29, 0.717) is 12.0 Å². The Morgan fingerprint density at radius 3 is 2.53 bits per heavy atom. The minimum atomic E-state index is 0.123. The second-order valence-electron chi connectivity index (χ2n) is 5.06. The van der Waals surface area contributed by atoms with Crippen molar-refractivity contribution in [3.8, 4) is 0 Å². The van der Waals surface area contributed by atoms with Gasteiger partial charge in [-0.2, -0.15) is 0 Å². The summed E-state index contributed by atoms with van der Waals surface area (Å²) in [5.41, 5.74) is 6.41. The standard InChI is InChI=1S/C12H23NO2/c1-14-12(5-2-6-12)9-11(13)10-3-7-15-8-4-10/h10-11H,2-9,13H2,1H3. The average Bonchev–Trinajstić information content (AvgIpc) is 2.24. The summed E-state index contributed by atoms with van der Waals surface area (Å²) < 4.78 is 11.0. The van der Waals surface area contributed by atoms with E-state index in [9.17, 15) is 0 Å². The van der Waals surface area contributed by atoms with Gasteiger partial charge in [0.1, 0.15) is 0 Å². The van der Waals surface area contributed by atoms with Gasteiger partial charge in [0.15, 0.2) is 0 Å². The zero-order valence-corrected chi connectivity index (χ0v) is 9.71. The fraction of sp³-hybridized carbons (Fsp3) is 1.00. The third-order valence-electron chi connectivity index (χ3n) is 4.18. The van der Waals surface area contributed by atoms with Crippen molar-refractivity contribution in [2.24, 2.45) is 11.7 Å². The van der Waals surface area contributed by atoms with Gasteiger partial charge < -0.3 is 15.2 Å². The minimum Gasteiger partial charge on any atom is -0.381 e. The third kappa shape index (κ3) is 2.52. The molecule has 1 atom stereocenters. The number of methoxy groups -OCH3 is 1. The van der Waals surface area contributed by atoms with Crippen LogP contribution in [-0.2, 0) is 9.47 Å². The van der Waals surface area contributed by atoms with Gasteiger partial charge in [0, 0.05) is 26.4 Å². The number of nitrogens with two attached hydrogens (primary N) is 1. The lowest BCUT2D eigenvalue weighted by atomic mass is 9.73. The summed E-state index contributed by atoms with van der Waals surface area (Å²) in [7, 11) is 1.83. The normalized spacial score (nSPS) is 28.4. The molecule has 0 spiro atoms. The Bertz CT molecular complexity index is 192. The predicted molar refractivity (Wildman–Crippen MR) is 59.7 cm³/mol. The number of hydrogen-bond acceptors (Lipinski definition) is 3. The summed E-state index contributed by atoms with van der Waals surface area (Å²) in [4.78, 5) is 0. The first kappa shape index (κ1) is 11.4. The second kappa shape index (κ2) is 4.81. The molecule has 3 nitrogen and oxygen atoms in total. The van der Waals surface area contributed by atoms with Gasteiger partial charge in [-0.3, -0.25) is 0 Å². The van der Waals surface area contributed by atoms with E-state index in [1.807, 2.05) is 7.11 Å². The van der Waals surface area contributed by atoms with E-state index in [1.165, 1.54) is 19.3 Å². The number of rotatable bonds is 4. The predicted octanol–water partition coefficient (Wildman–Crippen LogP) is 1.70. The fourth-order valence-electron chi connectivity index (χ4n) is 2.80. The van der Waals surface area contributed by atoms with Crippen molar-refractivity contribution in [2.75, 3.05) is 20.3 Å². The van der Waals surface area contributed by atoms with E-state index < -0.39 is 0 Å². The van der Waals surface area contributed by atoms with Gasteiger partial charge in [-0.15, -0.1) is 0 Å². The highest BCUT2D eigenvalue weighted by Gasteiger charge is 2.39. The van der Waals surface area contributed by atoms with E-state index in [-0.39, 0.29) is 5.60 Å². The Morgan fingerprint density at radius 2 is 2.07 bits per heavy atom. The lowest BCUT2D eigenvalue weighted by Gasteiger charge is -2.43. The molecule has 2 aliphatic rings. The molecule has 3 heteroatoms. The molecule has 0 aromatic carbocycles. The van der Waals surface area contributed by atoms with Gasteiger partial charge in [0.2, 0.25) is 0 Å². The first-order chi connectivity index (χ1) is 7.26. The molecule has 2 rings (SSSR count). The van der Waals surface area contributed by atoms with E-state index in [4.69, 9.17) is 15.2 Å². The molecule has 0 radical (unpaired) electrons. The Hall–Kier alpha value is -0.120. The molecular weight excluding hydrogens is 190 g/mol. The van der Waals surface area contributed by atoms with Crippen LogP contribution in [0, 0.1) is 5.92 Å². The molecule has 0 aromatic rings. The van der Waals surface area contributed by atoms with Crippen molar-refractivity contribution in [2.45, 2.75) is 50.2 Å². The molecule has 1 unspecified atom stereocenters. The largest absolute Gasteiger partial charge is 0.381 e. The average molecular weight is 213 g/mol. The van der Waals surface area contributed by atoms with Crippen LogP contribution in [0.5, 0.6) is 0 Å². The molecule has 1 aliphatic heterocycles. The van der Waals surface area contributed by atoms with Crippen LogP contribution >= 0.6 is 0 Å². The molecule has 15 heavy (non-hydrogen) atoms. The molecule has 1 heterocycles. The summed E-state index contributed by atoms with van der Waals surface area (Å²) in [6, 6.07) is 0.300. The van der Waals surface area contributed by atoms with Gasteiger partial charge in [-0.1, -0.05) is 0 Å². The van der Waals surface area contributed by atoms with Crippen molar-refractivity contribution in [1.29, 1.82) is 0 Å². The second-order valence-corrected chi connectivity index (χ2v) is 5.06. The van der Waals surface area contributed by atoms with Gasteiger partial charge in [0.25, 0.3) is 0 Å². The fourth-order valence-corrected chi connectivity index (χ4v) is 2.80. The molecule has 0 aromatic heterocycles. The minimum absolute atomic E-state index is 0.123. The Labute approximate surface area is 92.3 Å². The molecule has 0 bridgehead atoms. The van der Waals surface area contributed by atoms with E-state index >= 15 is 0 Å². The van der Waals surface area contributed by atoms with Gasteiger partial charge >= 0.3 is 0 Å². The molecule has 0 amide bonds. The zero-order valence-electron chi connectivity index (χ0n) is 9.71. The molecule has 88 valence electrons. The summed E-state index contributed by atoms with van der Waals surface area (Å²) >= 11 is 0. The Kier molecular flexibility index (Phi) is 3.65. The number of ether oxygens (including phenoxy) is 2. The number of hydrogen-bond donors (Lipinski definition) is 1. The molecule has 1 saturated heterocycles. The van der Waals surface area contributed by atoms with E-state index in [2.05, 4.69) is 0 Å². The highest BCUT2D eigenvalue weighted by Crippen LogP contribution is 2.40. The maximum absolute atomic E-state index is 6.28. The molecule has 2 fully saturated rings. The van der Waals surface area contributed by atoms with E-state index in [0.717, 1.165) is 32.5 Å². The van der Waals surface area contributed by atoms with Gasteiger partial charge in [-0.25, -0.2) is 0 Å². The highest BCUT2D eigenvalue weighted by molar-refractivity contribution is 4.94. The highest BCUT2D eigenvalue weighted by atomic mass is 16.5. The van der Waals surface area contributed by atoms with E-state index in [1.54, 1.807) is 0 Å². The monoisotopic (exact) mass is 213 g/mol. The summed E-state index contributed by atoms with van der Waals surface area (Å²) in [5, 5.41) is 0. The Balaban J connectivity index is 1.82. The molecular formula is C12H23NO2. The van der Waals surface area contributed by atoms with Crippen LogP contribution in [0.3, 0.4) is 0 Å². The first-order valence-electron chi connectivity index (χ1n) is 6.14. The zero-order chi connectivity index (χ0) is 10.7. The van der Waals surface area contributed by atoms with Gasteiger partial charge in [0.05, 0.1) is 5.60 Å². The lowest BCUT2D eigenvalue weighted by Crippen LogP contribution is -2.47. The van der Waals surface area contributed by atoms with Crippen LogP contribution in [0.2, 0.25) is 0 Å². The third-order valence-corrected chi connectivity index (χ3v) is 4.18. The smallest absolute Gasteiger partial charge is 0.0693 e. The van der Waals surface area contributed by atoms with Crippen LogP contribution in [-0.4, -0.2) is 32.0 Å². The molecule has 1 saturated carbocycles. The SMILES string of the molecule is COC1(CC(N)C2CCOCC2)CCC1. The molecule has 1 aliphatic carbocycles. The van der Waals surface area contributed by atoms with Gasteiger partial charge in [-0.05, 0) is 44.4 Å². The van der Waals surface area contributed by atoms with Crippen LogP contribution in [0.15, 0.2) is 0 Å². The van der Waals surface area contributed by atoms with Crippen molar-refractivity contribution >= 4 is 0 Å². The maximum Gasteiger partial charge on any atom is 0.0693 e. The summed E-state index contributed by atoms with van der Waals surface area (Å²) in [6.45, 7) is 1.77. The van der Waals surface area contributed by atoms with Crippen molar-refractivity contribution in [1.82, 2.24) is 0 Å². The van der Waals surface area contributed by atoms with Crippen LogP contribution in [0.25, 0.3) is 0 Å².